The maximum Gasteiger partial charge on any atom is 0.326 e. The van der Waals surface area contributed by atoms with Crippen molar-refractivity contribution in [3.63, 3.8) is 0 Å². The van der Waals surface area contributed by atoms with Gasteiger partial charge < -0.3 is 10.2 Å². The molecule has 122 valence electrons. The molecule has 0 aromatic carbocycles. The third-order valence-electron chi connectivity index (χ3n) is 4.31. The van der Waals surface area contributed by atoms with Gasteiger partial charge in [0, 0.05) is 11.3 Å². The van der Waals surface area contributed by atoms with Gasteiger partial charge in [-0.3, -0.25) is 14.2 Å². The molecule has 3 rings (SSSR count). The van der Waals surface area contributed by atoms with Crippen LogP contribution >= 0.6 is 11.3 Å². The van der Waals surface area contributed by atoms with Gasteiger partial charge in [-0.15, -0.1) is 11.3 Å². The third-order valence-corrected chi connectivity index (χ3v) is 5.47. The topological polar surface area (TPSA) is 109 Å². The molecule has 8 heteroatoms. The highest BCUT2D eigenvalue weighted by molar-refractivity contribution is 7.18. The average molecular weight is 336 g/mol. The minimum atomic E-state index is -1.12. The summed E-state index contributed by atoms with van der Waals surface area (Å²) in [5.74, 6) is -2.39. The highest BCUT2D eigenvalue weighted by Crippen LogP contribution is 2.42. The van der Waals surface area contributed by atoms with Gasteiger partial charge in [-0.05, 0) is 25.3 Å². The molecule has 0 bridgehead atoms. The first-order valence-electron chi connectivity index (χ1n) is 7.39. The zero-order valence-electron chi connectivity index (χ0n) is 12.7. The van der Waals surface area contributed by atoms with Crippen LogP contribution in [-0.4, -0.2) is 31.7 Å². The van der Waals surface area contributed by atoms with Gasteiger partial charge in [0.05, 0.1) is 11.3 Å². The molecule has 0 saturated carbocycles. The maximum atomic E-state index is 12.9. The van der Waals surface area contributed by atoms with E-state index in [2.05, 4.69) is 4.98 Å². The van der Waals surface area contributed by atoms with Crippen LogP contribution in [0, 0.1) is 0 Å². The number of thiophene rings is 1. The molecule has 2 aromatic rings. The summed E-state index contributed by atoms with van der Waals surface area (Å²) < 4.78 is 1.18. The van der Waals surface area contributed by atoms with Gasteiger partial charge in [0.2, 0.25) is 0 Å². The van der Waals surface area contributed by atoms with E-state index < -0.39 is 29.5 Å². The predicted molar refractivity (Wildman–Crippen MR) is 84.3 cm³/mol. The summed E-state index contributed by atoms with van der Waals surface area (Å²) in [6.07, 6.45) is 1.51. The lowest BCUT2D eigenvalue weighted by atomic mass is 10.0. The van der Waals surface area contributed by atoms with Crippen molar-refractivity contribution in [1.82, 2.24) is 9.55 Å². The second-order valence-corrected chi connectivity index (χ2v) is 6.70. The highest BCUT2D eigenvalue weighted by atomic mass is 32.1. The molecule has 23 heavy (non-hydrogen) atoms. The third kappa shape index (κ3) is 2.24. The van der Waals surface area contributed by atoms with Gasteiger partial charge in [0.25, 0.3) is 5.56 Å². The van der Waals surface area contributed by atoms with Crippen molar-refractivity contribution in [2.45, 2.75) is 45.1 Å². The van der Waals surface area contributed by atoms with E-state index >= 15 is 0 Å². The number of rotatable bonds is 4. The lowest BCUT2D eigenvalue weighted by Crippen LogP contribution is -2.32. The van der Waals surface area contributed by atoms with E-state index in [-0.39, 0.29) is 5.39 Å². The Balaban J connectivity index is 2.36. The van der Waals surface area contributed by atoms with Crippen molar-refractivity contribution < 1.29 is 19.8 Å². The van der Waals surface area contributed by atoms with Crippen LogP contribution in [0.3, 0.4) is 0 Å². The number of aliphatic carboxylic acids is 2. The van der Waals surface area contributed by atoms with Crippen LogP contribution in [-0.2, 0) is 22.4 Å². The molecule has 7 nitrogen and oxygen atoms in total. The number of carboxylic acids is 2. The number of carboxylic acid groups (broad SMARTS) is 2. The van der Waals surface area contributed by atoms with Crippen LogP contribution in [0.25, 0.3) is 10.2 Å². The normalized spacial score (nSPS) is 18.1. The second-order valence-electron chi connectivity index (χ2n) is 5.62. The highest BCUT2D eigenvalue weighted by Gasteiger charge is 2.35. The van der Waals surface area contributed by atoms with E-state index in [0.29, 0.717) is 35.5 Å². The molecule has 0 radical (unpaired) electrons. The van der Waals surface area contributed by atoms with E-state index in [0.717, 1.165) is 4.88 Å². The Kier molecular flexibility index (Phi) is 3.71. The van der Waals surface area contributed by atoms with Crippen molar-refractivity contribution in [3.05, 3.63) is 26.6 Å². The van der Waals surface area contributed by atoms with Gasteiger partial charge in [-0.1, -0.05) is 6.92 Å². The molecule has 0 spiro atoms. The molecule has 2 unspecified atom stereocenters. The SMILES string of the molecule is CCc1nc2sc3c(c2c(=O)n1C(C)C(=O)O)C(C(=O)O)CC3. The van der Waals surface area contributed by atoms with Crippen LogP contribution in [0.1, 0.15) is 48.5 Å². The number of aromatic nitrogens is 2. The number of carbonyl (C=O) groups is 2. The van der Waals surface area contributed by atoms with Crippen molar-refractivity contribution in [3.8, 4) is 0 Å². The Hall–Kier alpha value is -2.22. The Morgan fingerprint density at radius 2 is 2.13 bits per heavy atom. The lowest BCUT2D eigenvalue weighted by molar-refractivity contribution is -0.141. The van der Waals surface area contributed by atoms with Gasteiger partial charge >= 0.3 is 11.9 Å². The van der Waals surface area contributed by atoms with Crippen LogP contribution in [0.4, 0.5) is 0 Å². The summed E-state index contributed by atoms with van der Waals surface area (Å²) >= 11 is 1.34. The number of nitrogens with zero attached hydrogens (tertiary/aromatic N) is 2. The van der Waals surface area contributed by atoms with Crippen molar-refractivity contribution >= 4 is 33.5 Å². The molecular weight excluding hydrogens is 320 g/mol. The monoisotopic (exact) mass is 336 g/mol. The van der Waals surface area contributed by atoms with Crippen LogP contribution < -0.4 is 5.56 Å². The smallest absolute Gasteiger partial charge is 0.326 e. The Labute approximate surface area is 135 Å². The van der Waals surface area contributed by atoms with Gasteiger partial charge in [0.15, 0.2) is 0 Å². The molecule has 2 atom stereocenters. The van der Waals surface area contributed by atoms with Crippen LogP contribution in [0.15, 0.2) is 4.79 Å². The quantitative estimate of drug-likeness (QED) is 0.881. The zero-order chi connectivity index (χ0) is 16.9. The summed E-state index contributed by atoms with van der Waals surface area (Å²) in [6, 6.07) is -1.05. The fourth-order valence-electron chi connectivity index (χ4n) is 3.15. The largest absolute Gasteiger partial charge is 0.481 e. The molecule has 1 aliphatic rings. The van der Waals surface area contributed by atoms with E-state index in [4.69, 9.17) is 0 Å². The van der Waals surface area contributed by atoms with Gasteiger partial charge in [-0.25, -0.2) is 9.78 Å². The van der Waals surface area contributed by atoms with Crippen molar-refractivity contribution in [2.24, 2.45) is 0 Å². The molecule has 2 N–H and O–H groups in total. The maximum absolute atomic E-state index is 12.9. The molecule has 0 fully saturated rings. The fraction of sp³-hybridized carbons (Fsp3) is 0.467. The number of hydrogen-bond donors (Lipinski definition) is 2. The predicted octanol–water partition coefficient (Wildman–Crippen LogP) is 1.78. The van der Waals surface area contributed by atoms with E-state index in [9.17, 15) is 24.6 Å². The first kappa shape index (κ1) is 15.7. The van der Waals surface area contributed by atoms with Gasteiger partial charge in [0.1, 0.15) is 16.7 Å². The molecule has 2 heterocycles. The zero-order valence-corrected chi connectivity index (χ0v) is 13.5. The molecule has 0 amide bonds. The fourth-order valence-corrected chi connectivity index (χ4v) is 4.41. The number of fused-ring (bicyclic) bond motifs is 3. The molecule has 0 aliphatic heterocycles. The second kappa shape index (κ2) is 5.45. The Bertz CT molecular complexity index is 882. The lowest BCUT2D eigenvalue weighted by Gasteiger charge is -2.15. The van der Waals surface area contributed by atoms with Crippen LogP contribution in [0.5, 0.6) is 0 Å². The van der Waals surface area contributed by atoms with E-state index in [1.54, 1.807) is 6.92 Å². The number of aryl methyl sites for hydroxylation is 2. The molecule has 0 saturated heterocycles. The Morgan fingerprint density at radius 1 is 1.43 bits per heavy atom. The average Bonchev–Trinajstić information content (AvgIpc) is 3.04. The minimum Gasteiger partial charge on any atom is -0.481 e. The first-order chi connectivity index (χ1) is 10.9. The summed E-state index contributed by atoms with van der Waals surface area (Å²) in [5, 5.41) is 18.9. The van der Waals surface area contributed by atoms with Crippen LogP contribution in [0.2, 0.25) is 0 Å². The summed E-state index contributed by atoms with van der Waals surface area (Å²) in [7, 11) is 0. The molecule has 2 aromatic heterocycles. The minimum absolute atomic E-state index is 0.278. The van der Waals surface area contributed by atoms with Crippen molar-refractivity contribution in [1.29, 1.82) is 0 Å². The number of hydrogen-bond acceptors (Lipinski definition) is 5. The Morgan fingerprint density at radius 3 is 2.70 bits per heavy atom. The summed E-state index contributed by atoms with van der Waals surface area (Å²) in [5.41, 5.74) is 0.0800. The summed E-state index contributed by atoms with van der Waals surface area (Å²) in [4.78, 5) is 41.5. The summed E-state index contributed by atoms with van der Waals surface area (Å²) in [6.45, 7) is 3.23. The standard InChI is InChI=1S/C15H16N2O5S/c1-3-9-16-12-11(13(18)17(9)6(2)14(19)20)10-7(15(21)22)4-5-8(10)23-12/h6-7H,3-5H2,1-2H3,(H,19,20)(H,21,22). The molecule has 1 aliphatic carbocycles. The first-order valence-corrected chi connectivity index (χ1v) is 8.20. The van der Waals surface area contributed by atoms with Gasteiger partial charge in [-0.2, -0.15) is 0 Å². The van der Waals surface area contributed by atoms with E-state index in [1.165, 1.54) is 22.8 Å². The molecular formula is C15H16N2O5S. The van der Waals surface area contributed by atoms with E-state index in [1.807, 2.05) is 0 Å². The van der Waals surface area contributed by atoms with Crippen molar-refractivity contribution in [2.75, 3.05) is 0 Å².